The van der Waals surface area contributed by atoms with Crippen LogP contribution in [-0.4, -0.2) is 16.1 Å². The second kappa shape index (κ2) is 6.05. The zero-order chi connectivity index (χ0) is 13.0. The maximum absolute atomic E-state index is 4.03. The third kappa shape index (κ3) is 3.35. The SMILES string of the molecule is Cc1cc(NCCCn2ccnc2)cc(C)c1Br. The van der Waals surface area contributed by atoms with Gasteiger partial charge in [0.1, 0.15) is 0 Å². The van der Waals surface area contributed by atoms with Crippen LogP contribution in [0, 0.1) is 13.8 Å². The lowest BCUT2D eigenvalue weighted by Gasteiger charge is -2.10. The number of rotatable bonds is 5. The Labute approximate surface area is 116 Å². The molecule has 4 heteroatoms. The van der Waals surface area contributed by atoms with Crippen molar-refractivity contribution < 1.29 is 0 Å². The molecule has 0 amide bonds. The van der Waals surface area contributed by atoms with Gasteiger partial charge in [0.05, 0.1) is 6.33 Å². The maximum Gasteiger partial charge on any atom is 0.0945 e. The minimum Gasteiger partial charge on any atom is -0.385 e. The molecule has 0 saturated heterocycles. The normalized spacial score (nSPS) is 10.6. The van der Waals surface area contributed by atoms with E-state index < -0.39 is 0 Å². The Morgan fingerprint density at radius 2 is 2.00 bits per heavy atom. The van der Waals surface area contributed by atoms with Gasteiger partial charge in [0, 0.05) is 35.6 Å². The summed E-state index contributed by atoms with van der Waals surface area (Å²) in [5, 5.41) is 3.46. The molecule has 0 radical (unpaired) electrons. The van der Waals surface area contributed by atoms with Gasteiger partial charge >= 0.3 is 0 Å². The van der Waals surface area contributed by atoms with E-state index in [4.69, 9.17) is 0 Å². The Morgan fingerprint density at radius 1 is 1.28 bits per heavy atom. The van der Waals surface area contributed by atoms with Gasteiger partial charge in [-0.05, 0) is 43.5 Å². The van der Waals surface area contributed by atoms with Gasteiger partial charge in [0.15, 0.2) is 0 Å². The molecule has 96 valence electrons. The van der Waals surface area contributed by atoms with Gasteiger partial charge in [-0.1, -0.05) is 15.9 Å². The Bertz CT molecular complexity index is 483. The average Bonchev–Trinajstić information content (AvgIpc) is 2.84. The highest BCUT2D eigenvalue weighted by molar-refractivity contribution is 9.10. The Balaban J connectivity index is 1.83. The molecule has 0 aliphatic heterocycles. The molecule has 0 aliphatic carbocycles. The minimum atomic E-state index is 0.971. The lowest BCUT2D eigenvalue weighted by atomic mass is 10.1. The third-order valence-corrected chi connectivity index (χ3v) is 4.17. The second-order valence-electron chi connectivity index (χ2n) is 4.50. The number of halogens is 1. The van der Waals surface area contributed by atoms with Crippen LogP contribution in [0.3, 0.4) is 0 Å². The van der Waals surface area contributed by atoms with Crippen LogP contribution >= 0.6 is 15.9 Å². The van der Waals surface area contributed by atoms with Gasteiger partial charge in [0.2, 0.25) is 0 Å². The van der Waals surface area contributed by atoms with Crippen molar-refractivity contribution in [3.63, 3.8) is 0 Å². The van der Waals surface area contributed by atoms with Gasteiger partial charge in [-0.15, -0.1) is 0 Å². The summed E-state index contributed by atoms with van der Waals surface area (Å²) in [5.41, 5.74) is 3.73. The molecule has 2 aromatic rings. The number of benzene rings is 1. The van der Waals surface area contributed by atoms with E-state index in [-0.39, 0.29) is 0 Å². The van der Waals surface area contributed by atoms with Crippen molar-refractivity contribution >= 4 is 21.6 Å². The first-order valence-corrected chi connectivity index (χ1v) is 6.92. The molecule has 2 rings (SSSR count). The molecular weight excluding hydrogens is 290 g/mol. The molecule has 0 atom stereocenters. The summed E-state index contributed by atoms with van der Waals surface area (Å²) in [5.74, 6) is 0. The van der Waals surface area contributed by atoms with Crippen molar-refractivity contribution in [3.8, 4) is 0 Å². The van der Waals surface area contributed by atoms with Gasteiger partial charge in [0.25, 0.3) is 0 Å². The van der Waals surface area contributed by atoms with Crippen LogP contribution in [0.15, 0.2) is 35.3 Å². The summed E-state index contributed by atoms with van der Waals surface area (Å²) in [6.45, 7) is 6.21. The van der Waals surface area contributed by atoms with E-state index in [0.29, 0.717) is 0 Å². The number of imidazole rings is 1. The second-order valence-corrected chi connectivity index (χ2v) is 5.30. The van der Waals surface area contributed by atoms with Gasteiger partial charge < -0.3 is 9.88 Å². The lowest BCUT2D eigenvalue weighted by Crippen LogP contribution is -2.06. The summed E-state index contributed by atoms with van der Waals surface area (Å²) < 4.78 is 3.30. The van der Waals surface area contributed by atoms with Crippen LogP contribution in [0.5, 0.6) is 0 Å². The van der Waals surface area contributed by atoms with E-state index in [1.54, 1.807) is 0 Å². The lowest BCUT2D eigenvalue weighted by molar-refractivity contribution is 0.661. The fraction of sp³-hybridized carbons (Fsp3) is 0.357. The standard InChI is InChI=1S/C14H18BrN3/c1-11-8-13(9-12(2)14(11)15)17-4-3-6-18-7-5-16-10-18/h5,7-10,17H,3-4,6H2,1-2H3. The highest BCUT2D eigenvalue weighted by Crippen LogP contribution is 2.24. The van der Waals surface area contributed by atoms with E-state index in [0.717, 1.165) is 19.5 Å². The van der Waals surface area contributed by atoms with E-state index in [2.05, 4.69) is 56.8 Å². The minimum absolute atomic E-state index is 0.971. The molecule has 1 aromatic heterocycles. The van der Waals surface area contributed by atoms with Crippen molar-refractivity contribution in [3.05, 3.63) is 46.5 Å². The fourth-order valence-corrected chi connectivity index (χ4v) is 2.19. The third-order valence-electron chi connectivity index (χ3n) is 2.92. The van der Waals surface area contributed by atoms with Gasteiger partial charge in [-0.2, -0.15) is 0 Å². The van der Waals surface area contributed by atoms with Crippen LogP contribution in [0.2, 0.25) is 0 Å². The highest BCUT2D eigenvalue weighted by atomic mass is 79.9. The number of hydrogen-bond donors (Lipinski definition) is 1. The van der Waals surface area contributed by atoms with Crippen molar-refractivity contribution in [1.82, 2.24) is 9.55 Å². The molecule has 0 fully saturated rings. The van der Waals surface area contributed by atoms with Crippen molar-refractivity contribution in [2.75, 3.05) is 11.9 Å². The molecule has 0 spiro atoms. The first-order chi connectivity index (χ1) is 8.66. The van der Waals surface area contributed by atoms with Crippen molar-refractivity contribution in [2.24, 2.45) is 0 Å². The fourth-order valence-electron chi connectivity index (χ4n) is 1.96. The Hall–Kier alpha value is -1.29. The topological polar surface area (TPSA) is 29.9 Å². The Morgan fingerprint density at radius 3 is 2.61 bits per heavy atom. The number of hydrogen-bond acceptors (Lipinski definition) is 2. The van der Waals surface area contributed by atoms with Crippen molar-refractivity contribution in [1.29, 1.82) is 0 Å². The molecule has 1 N–H and O–H groups in total. The van der Waals surface area contributed by atoms with Gasteiger partial charge in [-0.3, -0.25) is 0 Å². The summed E-state index contributed by atoms with van der Waals surface area (Å²) in [6.07, 6.45) is 6.75. The van der Waals surface area contributed by atoms with Crippen LogP contribution in [0.4, 0.5) is 5.69 Å². The maximum atomic E-state index is 4.03. The van der Waals surface area contributed by atoms with Crippen LogP contribution in [-0.2, 0) is 6.54 Å². The number of aryl methyl sites for hydroxylation is 3. The van der Waals surface area contributed by atoms with E-state index in [1.807, 2.05) is 18.7 Å². The molecule has 0 aliphatic rings. The average molecular weight is 308 g/mol. The molecule has 18 heavy (non-hydrogen) atoms. The zero-order valence-electron chi connectivity index (χ0n) is 10.8. The van der Waals surface area contributed by atoms with Crippen LogP contribution < -0.4 is 5.32 Å². The first-order valence-electron chi connectivity index (χ1n) is 6.13. The molecule has 0 bridgehead atoms. The molecular formula is C14H18BrN3. The Kier molecular flexibility index (Phi) is 4.42. The van der Waals surface area contributed by atoms with Crippen LogP contribution in [0.1, 0.15) is 17.5 Å². The van der Waals surface area contributed by atoms with E-state index >= 15 is 0 Å². The predicted octanol–water partition coefficient (Wildman–Crippen LogP) is 3.76. The number of anilines is 1. The summed E-state index contributed by atoms with van der Waals surface area (Å²) >= 11 is 3.58. The zero-order valence-corrected chi connectivity index (χ0v) is 12.4. The first kappa shape index (κ1) is 13.1. The highest BCUT2D eigenvalue weighted by Gasteiger charge is 2.01. The quantitative estimate of drug-likeness (QED) is 0.852. The van der Waals surface area contributed by atoms with Gasteiger partial charge in [-0.25, -0.2) is 4.98 Å². The van der Waals surface area contributed by atoms with E-state index in [9.17, 15) is 0 Å². The summed E-state index contributed by atoms with van der Waals surface area (Å²) in [7, 11) is 0. The summed E-state index contributed by atoms with van der Waals surface area (Å²) in [6, 6.07) is 4.35. The largest absolute Gasteiger partial charge is 0.385 e. The number of nitrogens with one attached hydrogen (secondary N) is 1. The molecule has 0 saturated carbocycles. The van der Waals surface area contributed by atoms with Crippen LogP contribution in [0.25, 0.3) is 0 Å². The number of nitrogens with zero attached hydrogens (tertiary/aromatic N) is 2. The predicted molar refractivity (Wildman–Crippen MR) is 78.9 cm³/mol. The van der Waals surface area contributed by atoms with E-state index in [1.165, 1.54) is 21.3 Å². The molecule has 3 nitrogen and oxygen atoms in total. The number of aromatic nitrogens is 2. The summed E-state index contributed by atoms with van der Waals surface area (Å²) in [4.78, 5) is 4.03. The van der Waals surface area contributed by atoms with Crippen molar-refractivity contribution in [2.45, 2.75) is 26.8 Å². The smallest absolute Gasteiger partial charge is 0.0945 e. The molecule has 1 aromatic carbocycles. The molecule has 1 heterocycles. The monoisotopic (exact) mass is 307 g/mol. The molecule has 0 unspecified atom stereocenters.